The molecule has 0 aromatic heterocycles. The first kappa shape index (κ1) is 15.5. The van der Waals surface area contributed by atoms with Crippen molar-refractivity contribution in [2.75, 3.05) is 39.8 Å². The van der Waals surface area contributed by atoms with Crippen molar-refractivity contribution in [3.8, 4) is 0 Å². The summed E-state index contributed by atoms with van der Waals surface area (Å²) in [4.78, 5) is 27.9. The Morgan fingerprint density at radius 3 is 2.48 bits per heavy atom. The van der Waals surface area contributed by atoms with Crippen LogP contribution in [0.25, 0.3) is 0 Å². The summed E-state index contributed by atoms with van der Waals surface area (Å²) in [5, 5.41) is 2.72. The fourth-order valence-corrected chi connectivity index (χ4v) is 2.39. The summed E-state index contributed by atoms with van der Waals surface area (Å²) >= 11 is 0. The first-order chi connectivity index (χ1) is 10.1. The van der Waals surface area contributed by atoms with Gasteiger partial charge in [-0.3, -0.25) is 9.59 Å². The van der Waals surface area contributed by atoms with Gasteiger partial charge in [-0.05, 0) is 25.1 Å². The zero-order valence-electron chi connectivity index (χ0n) is 12.8. The van der Waals surface area contributed by atoms with Crippen molar-refractivity contribution < 1.29 is 9.59 Å². The Bertz CT molecular complexity index is 508. The third-order valence-corrected chi connectivity index (χ3v) is 3.91. The van der Waals surface area contributed by atoms with Crippen molar-refractivity contribution in [3.05, 3.63) is 35.4 Å². The summed E-state index contributed by atoms with van der Waals surface area (Å²) in [6.45, 7) is 5.34. The smallest absolute Gasteiger partial charge is 0.242 e. The lowest BCUT2D eigenvalue weighted by atomic mass is 10.1. The van der Waals surface area contributed by atoms with Gasteiger partial charge < -0.3 is 15.1 Å². The van der Waals surface area contributed by atoms with Crippen molar-refractivity contribution in [1.82, 2.24) is 15.1 Å². The van der Waals surface area contributed by atoms with Crippen molar-refractivity contribution in [2.45, 2.75) is 13.3 Å². The molecule has 2 amide bonds. The minimum atomic E-state index is -0.105. The molecule has 5 nitrogen and oxygen atoms in total. The minimum Gasteiger partial charge on any atom is -0.347 e. The van der Waals surface area contributed by atoms with E-state index in [4.69, 9.17) is 0 Å². The molecule has 0 radical (unpaired) electrons. The van der Waals surface area contributed by atoms with E-state index in [1.165, 1.54) is 0 Å². The SMILES string of the molecule is Cc1ccccc1CC(=O)NCC(=O)N1CCN(C)CC1. The Morgan fingerprint density at radius 2 is 1.81 bits per heavy atom. The largest absolute Gasteiger partial charge is 0.347 e. The molecular weight excluding hydrogens is 266 g/mol. The molecule has 5 heteroatoms. The number of hydrogen-bond acceptors (Lipinski definition) is 3. The summed E-state index contributed by atoms with van der Waals surface area (Å²) in [5.74, 6) is -0.104. The second-order valence-corrected chi connectivity index (χ2v) is 5.56. The Hall–Kier alpha value is -1.88. The number of amides is 2. The van der Waals surface area contributed by atoms with Gasteiger partial charge in [0, 0.05) is 26.2 Å². The van der Waals surface area contributed by atoms with Crippen molar-refractivity contribution in [1.29, 1.82) is 0 Å². The molecule has 1 aliphatic heterocycles. The standard InChI is InChI=1S/C16H23N3O2/c1-13-5-3-4-6-14(13)11-15(20)17-12-16(21)19-9-7-18(2)8-10-19/h3-6H,7-12H2,1-2H3,(H,17,20). The molecule has 0 spiro atoms. The number of piperazine rings is 1. The van der Waals surface area contributed by atoms with Gasteiger partial charge in [-0.25, -0.2) is 0 Å². The Kier molecular flexibility index (Phi) is 5.33. The highest BCUT2D eigenvalue weighted by molar-refractivity contribution is 5.85. The molecule has 1 aliphatic rings. The first-order valence-electron chi connectivity index (χ1n) is 7.34. The number of carbonyl (C=O) groups excluding carboxylic acids is 2. The van der Waals surface area contributed by atoms with Crippen molar-refractivity contribution >= 4 is 11.8 Å². The summed E-state index contributed by atoms with van der Waals surface area (Å²) < 4.78 is 0. The van der Waals surface area contributed by atoms with Gasteiger partial charge in [-0.1, -0.05) is 24.3 Å². The van der Waals surface area contributed by atoms with Crippen LogP contribution in [0.3, 0.4) is 0 Å². The lowest BCUT2D eigenvalue weighted by molar-refractivity contribution is -0.134. The predicted octanol–water partition coefficient (Wildman–Crippen LogP) is 0.428. The zero-order valence-corrected chi connectivity index (χ0v) is 12.8. The molecule has 1 aromatic carbocycles. The van der Waals surface area contributed by atoms with E-state index in [2.05, 4.69) is 10.2 Å². The number of rotatable bonds is 4. The van der Waals surface area contributed by atoms with E-state index in [1.807, 2.05) is 43.1 Å². The molecule has 21 heavy (non-hydrogen) atoms. The van der Waals surface area contributed by atoms with Gasteiger partial charge in [0.05, 0.1) is 13.0 Å². The Labute approximate surface area is 125 Å². The normalized spacial score (nSPS) is 15.8. The third-order valence-electron chi connectivity index (χ3n) is 3.91. The highest BCUT2D eigenvalue weighted by atomic mass is 16.2. The van der Waals surface area contributed by atoms with E-state index < -0.39 is 0 Å². The Balaban J connectivity index is 1.76. The molecule has 1 saturated heterocycles. The molecule has 1 heterocycles. The summed E-state index contributed by atoms with van der Waals surface area (Å²) in [6.07, 6.45) is 0.322. The van der Waals surface area contributed by atoms with Crippen molar-refractivity contribution in [2.24, 2.45) is 0 Å². The third kappa shape index (κ3) is 4.56. The fraction of sp³-hybridized carbons (Fsp3) is 0.500. The van der Waals surface area contributed by atoms with Gasteiger partial charge in [0.2, 0.25) is 11.8 Å². The predicted molar refractivity (Wildman–Crippen MR) is 82.0 cm³/mol. The van der Waals surface area contributed by atoms with Crippen LogP contribution < -0.4 is 5.32 Å². The van der Waals surface area contributed by atoms with E-state index >= 15 is 0 Å². The van der Waals surface area contributed by atoms with Gasteiger partial charge in [0.15, 0.2) is 0 Å². The van der Waals surface area contributed by atoms with Crippen LogP contribution in [0, 0.1) is 6.92 Å². The highest BCUT2D eigenvalue weighted by Crippen LogP contribution is 2.07. The molecular formula is C16H23N3O2. The molecule has 0 atom stereocenters. The molecule has 1 N–H and O–H groups in total. The number of benzene rings is 1. The number of hydrogen-bond donors (Lipinski definition) is 1. The zero-order chi connectivity index (χ0) is 15.2. The molecule has 1 aromatic rings. The Morgan fingerprint density at radius 1 is 1.14 bits per heavy atom. The number of aryl methyl sites for hydroxylation is 1. The maximum absolute atomic E-state index is 12.0. The number of likely N-dealkylation sites (N-methyl/N-ethyl adjacent to an activating group) is 1. The number of nitrogens with one attached hydrogen (secondary N) is 1. The van der Waals surface area contributed by atoms with E-state index in [-0.39, 0.29) is 18.4 Å². The van der Waals surface area contributed by atoms with Gasteiger partial charge >= 0.3 is 0 Å². The maximum Gasteiger partial charge on any atom is 0.242 e. The number of nitrogens with zero attached hydrogens (tertiary/aromatic N) is 2. The van der Waals surface area contributed by atoms with E-state index in [9.17, 15) is 9.59 Å². The topological polar surface area (TPSA) is 52.7 Å². The van der Waals surface area contributed by atoms with Crippen LogP contribution in [0.15, 0.2) is 24.3 Å². The molecule has 1 fully saturated rings. The van der Waals surface area contributed by atoms with Crippen LogP contribution in [0.5, 0.6) is 0 Å². The van der Waals surface area contributed by atoms with E-state index in [0.717, 1.165) is 37.3 Å². The van der Waals surface area contributed by atoms with Crippen LogP contribution in [0.2, 0.25) is 0 Å². The molecule has 0 bridgehead atoms. The average Bonchev–Trinajstić information content (AvgIpc) is 2.48. The second-order valence-electron chi connectivity index (χ2n) is 5.56. The molecule has 0 unspecified atom stereocenters. The van der Waals surface area contributed by atoms with Crippen LogP contribution in [0.1, 0.15) is 11.1 Å². The fourth-order valence-electron chi connectivity index (χ4n) is 2.39. The van der Waals surface area contributed by atoms with Gasteiger partial charge in [-0.2, -0.15) is 0 Å². The molecule has 114 valence electrons. The lowest BCUT2D eigenvalue weighted by Crippen LogP contribution is -2.50. The van der Waals surface area contributed by atoms with Crippen molar-refractivity contribution in [3.63, 3.8) is 0 Å². The van der Waals surface area contributed by atoms with Gasteiger partial charge in [0.1, 0.15) is 0 Å². The maximum atomic E-state index is 12.0. The molecule has 0 saturated carbocycles. The van der Waals surface area contributed by atoms with Crippen LogP contribution >= 0.6 is 0 Å². The minimum absolute atomic E-state index is 0.00114. The monoisotopic (exact) mass is 289 g/mol. The van der Waals surface area contributed by atoms with Crippen LogP contribution in [0.4, 0.5) is 0 Å². The molecule has 2 rings (SSSR count). The lowest BCUT2D eigenvalue weighted by Gasteiger charge is -2.32. The summed E-state index contributed by atoms with van der Waals surface area (Å²) in [6, 6.07) is 7.80. The molecule has 0 aliphatic carbocycles. The van der Waals surface area contributed by atoms with E-state index in [0.29, 0.717) is 6.42 Å². The van der Waals surface area contributed by atoms with Crippen LogP contribution in [-0.2, 0) is 16.0 Å². The number of carbonyl (C=O) groups is 2. The first-order valence-corrected chi connectivity index (χ1v) is 7.34. The quantitative estimate of drug-likeness (QED) is 0.874. The van der Waals surface area contributed by atoms with E-state index in [1.54, 1.807) is 0 Å². The second kappa shape index (κ2) is 7.22. The van der Waals surface area contributed by atoms with Gasteiger partial charge in [0.25, 0.3) is 0 Å². The average molecular weight is 289 g/mol. The summed E-state index contributed by atoms with van der Waals surface area (Å²) in [5.41, 5.74) is 2.10. The summed E-state index contributed by atoms with van der Waals surface area (Å²) in [7, 11) is 2.05. The van der Waals surface area contributed by atoms with Crippen LogP contribution in [-0.4, -0.2) is 61.4 Å². The highest BCUT2D eigenvalue weighted by Gasteiger charge is 2.19. The van der Waals surface area contributed by atoms with Gasteiger partial charge in [-0.15, -0.1) is 0 Å².